The van der Waals surface area contributed by atoms with Crippen molar-refractivity contribution in [1.29, 1.82) is 0 Å². The molecule has 2 saturated heterocycles. The Morgan fingerprint density at radius 2 is 1.75 bits per heavy atom. The molecular formula is C21H28N6O. The Labute approximate surface area is 166 Å². The van der Waals surface area contributed by atoms with Gasteiger partial charge in [-0.1, -0.05) is 17.7 Å². The first-order valence-corrected chi connectivity index (χ1v) is 10.1. The second kappa shape index (κ2) is 8.46. The Balaban J connectivity index is 1.20. The summed E-state index contributed by atoms with van der Waals surface area (Å²) in [5, 5.41) is 3.14. The minimum atomic E-state index is 0.0439. The molecule has 7 nitrogen and oxygen atoms in total. The maximum atomic E-state index is 12.5. The molecule has 2 aliphatic heterocycles. The smallest absolute Gasteiger partial charge is 0.317 e. The minimum absolute atomic E-state index is 0.0439. The van der Waals surface area contributed by atoms with E-state index < -0.39 is 0 Å². The SMILES string of the molecule is Cc1ccc(N2CC[C@H](CNC(=O)N3CCN(c4ncccn4)CC3)C2)cc1. The molecule has 2 aliphatic rings. The van der Waals surface area contributed by atoms with Gasteiger partial charge in [-0.25, -0.2) is 14.8 Å². The third-order valence-electron chi connectivity index (χ3n) is 5.63. The number of rotatable bonds is 4. The molecule has 0 unspecified atom stereocenters. The average Bonchev–Trinajstić information content (AvgIpc) is 3.22. The molecule has 1 aromatic carbocycles. The van der Waals surface area contributed by atoms with Gasteiger partial charge in [-0.05, 0) is 37.5 Å². The fourth-order valence-corrected chi connectivity index (χ4v) is 3.90. The van der Waals surface area contributed by atoms with E-state index in [4.69, 9.17) is 0 Å². The summed E-state index contributed by atoms with van der Waals surface area (Å²) in [6.45, 7) is 7.84. The zero-order valence-electron chi connectivity index (χ0n) is 16.4. The van der Waals surface area contributed by atoms with E-state index in [-0.39, 0.29) is 6.03 Å². The Morgan fingerprint density at radius 1 is 1.04 bits per heavy atom. The Morgan fingerprint density at radius 3 is 2.46 bits per heavy atom. The van der Waals surface area contributed by atoms with Crippen molar-refractivity contribution in [2.24, 2.45) is 5.92 Å². The highest BCUT2D eigenvalue weighted by molar-refractivity contribution is 5.74. The maximum absolute atomic E-state index is 12.5. The third-order valence-corrected chi connectivity index (χ3v) is 5.63. The summed E-state index contributed by atoms with van der Waals surface area (Å²) in [5.41, 5.74) is 2.56. The number of hydrogen-bond acceptors (Lipinski definition) is 5. The first kappa shape index (κ1) is 18.5. The number of carbonyl (C=O) groups excluding carboxylic acids is 1. The van der Waals surface area contributed by atoms with Crippen LogP contribution < -0.4 is 15.1 Å². The highest BCUT2D eigenvalue weighted by Gasteiger charge is 2.26. The Kier molecular flexibility index (Phi) is 5.60. The van der Waals surface area contributed by atoms with Crippen LogP contribution in [0.4, 0.5) is 16.4 Å². The lowest BCUT2D eigenvalue weighted by Gasteiger charge is -2.34. The molecule has 2 aromatic rings. The van der Waals surface area contributed by atoms with Gasteiger partial charge in [0, 0.05) is 63.9 Å². The number of carbonyl (C=O) groups is 1. The van der Waals surface area contributed by atoms with E-state index in [2.05, 4.69) is 56.3 Å². The lowest BCUT2D eigenvalue weighted by Crippen LogP contribution is -2.52. The van der Waals surface area contributed by atoms with Crippen molar-refractivity contribution in [1.82, 2.24) is 20.2 Å². The van der Waals surface area contributed by atoms with Gasteiger partial charge in [0.1, 0.15) is 0 Å². The number of piperazine rings is 1. The molecule has 0 spiro atoms. The van der Waals surface area contributed by atoms with Crippen molar-refractivity contribution in [3.05, 3.63) is 48.3 Å². The van der Waals surface area contributed by atoms with Crippen molar-refractivity contribution in [3.8, 4) is 0 Å². The number of aromatic nitrogens is 2. The van der Waals surface area contributed by atoms with Crippen LogP contribution in [0.3, 0.4) is 0 Å². The lowest BCUT2D eigenvalue weighted by atomic mass is 10.1. The van der Waals surface area contributed by atoms with Gasteiger partial charge in [0.05, 0.1) is 0 Å². The minimum Gasteiger partial charge on any atom is -0.371 e. The third kappa shape index (κ3) is 4.35. The first-order chi connectivity index (χ1) is 13.7. The van der Waals surface area contributed by atoms with E-state index >= 15 is 0 Å². The summed E-state index contributed by atoms with van der Waals surface area (Å²) in [6, 6.07) is 10.5. The molecule has 7 heteroatoms. The molecule has 0 radical (unpaired) electrons. The molecular weight excluding hydrogens is 352 g/mol. The fraction of sp³-hybridized carbons (Fsp3) is 0.476. The highest BCUT2D eigenvalue weighted by atomic mass is 16.2. The predicted octanol–water partition coefficient (Wildman–Crippen LogP) is 2.14. The molecule has 1 N–H and O–H groups in total. The van der Waals surface area contributed by atoms with Crippen molar-refractivity contribution in [2.45, 2.75) is 13.3 Å². The van der Waals surface area contributed by atoms with Crippen LogP contribution in [0, 0.1) is 12.8 Å². The fourth-order valence-electron chi connectivity index (χ4n) is 3.90. The molecule has 0 saturated carbocycles. The van der Waals surface area contributed by atoms with E-state index in [1.165, 1.54) is 11.3 Å². The molecule has 0 bridgehead atoms. The van der Waals surface area contributed by atoms with E-state index in [9.17, 15) is 4.79 Å². The zero-order chi connectivity index (χ0) is 19.3. The average molecular weight is 380 g/mol. The van der Waals surface area contributed by atoms with Gasteiger partial charge >= 0.3 is 6.03 Å². The quantitative estimate of drug-likeness (QED) is 0.880. The van der Waals surface area contributed by atoms with Crippen LogP contribution in [-0.2, 0) is 0 Å². The molecule has 2 fully saturated rings. The molecule has 1 aromatic heterocycles. The van der Waals surface area contributed by atoms with E-state index in [0.717, 1.165) is 45.1 Å². The van der Waals surface area contributed by atoms with Gasteiger partial charge in [0.25, 0.3) is 0 Å². The number of amides is 2. The number of nitrogens with zero attached hydrogens (tertiary/aromatic N) is 5. The monoisotopic (exact) mass is 380 g/mol. The van der Waals surface area contributed by atoms with Crippen LogP contribution >= 0.6 is 0 Å². The first-order valence-electron chi connectivity index (χ1n) is 10.1. The second-order valence-corrected chi connectivity index (χ2v) is 7.65. The molecule has 148 valence electrons. The number of aryl methyl sites for hydroxylation is 1. The Bertz CT molecular complexity index is 773. The number of anilines is 2. The van der Waals surface area contributed by atoms with Gasteiger partial charge in [-0.3, -0.25) is 0 Å². The number of hydrogen-bond donors (Lipinski definition) is 1. The maximum Gasteiger partial charge on any atom is 0.317 e. The molecule has 1 atom stereocenters. The van der Waals surface area contributed by atoms with E-state index in [1.807, 2.05) is 11.0 Å². The molecule has 0 aliphatic carbocycles. The zero-order valence-corrected chi connectivity index (χ0v) is 16.4. The van der Waals surface area contributed by atoms with Gasteiger partial charge in [0.15, 0.2) is 0 Å². The highest BCUT2D eigenvalue weighted by Crippen LogP contribution is 2.23. The largest absolute Gasteiger partial charge is 0.371 e. The van der Waals surface area contributed by atoms with Crippen molar-refractivity contribution in [2.75, 3.05) is 55.6 Å². The normalized spacial score (nSPS) is 19.8. The van der Waals surface area contributed by atoms with Crippen LogP contribution in [0.5, 0.6) is 0 Å². The van der Waals surface area contributed by atoms with Crippen LogP contribution in [0.25, 0.3) is 0 Å². The van der Waals surface area contributed by atoms with E-state index in [1.54, 1.807) is 12.4 Å². The summed E-state index contributed by atoms with van der Waals surface area (Å²) in [4.78, 5) is 27.5. The predicted molar refractivity (Wildman–Crippen MR) is 111 cm³/mol. The molecule has 2 amide bonds. The summed E-state index contributed by atoms with van der Waals surface area (Å²) in [5.74, 6) is 1.24. The lowest BCUT2D eigenvalue weighted by molar-refractivity contribution is 0.192. The summed E-state index contributed by atoms with van der Waals surface area (Å²) < 4.78 is 0. The second-order valence-electron chi connectivity index (χ2n) is 7.65. The van der Waals surface area contributed by atoms with Crippen molar-refractivity contribution in [3.63, 3.8) is 0 Å². The summed E-state index contributed by atoms with van der Waals surface area (Å²) in [7, 11) is 0. The van der Waals surface area contributed by atoms with Gasteiger partial charge < -0.3 is 20.0 Å². The summed E-state index contributed by atoms with van der Waals surface area (Å²) >= 11 is 0. The van der Waals surface area contributed by atoms with Crippen LogP contribution in [0.1, 0.15) is 12.0 Å². The molecule has 28 heavy (non-hydrogen) atoms. The summed E-state index contributed by atoms with van der Waals surface area (Å²) in [6.07, 6.45) is 4.62. The van der Waals surface area contributed by atoms with Crippen molar-refractivity contribution < 1.29 is 4.79 Å². The van der Waals surface area contributed by atoms with Crippen LogP contribution in [0.15, 0.2) is 42.7 Å². The van der Waals surface area contributed by atoms with Crippen LogP contribution in [-0.4, -0.2) is 66.7 Å². The van der Waals surface area contributed by atoms with E-state index in [0.29, 0.717) is 19.0 Å². The van der Waals surface area contributed by atoms with Gasteiger partial charge in [-0.2, -0.15) is 0 Å². The Hall–Kier alpha value is -2.83. The van der Waals surface area contributed by atoms with Gasteiger partial charge in [0.2, 0.25) is 5.95 Å². The topological polar surface area (TPSA) is 64.6 Å². The standard InChI is InChI=1S/C21H28N6O/c1-17-3-5-19(6-4-17)27-10-7-18(16-27)15-24-21(28)26-13-11-25(12-14-26)20-22-8-2-9-23-20/h2-6,8-9,18H,7,10-16H2,1H3,(H,24,28)/t18-/m1/s1. The molecule has 4 rings (SSSR count). The van der Waals surface area contributed by atoms with Crippen molar-refractivity contribution >= 4 is 17.7 Å². The van der Waals surface area contributed by atoms with Crippen LogP contribution in [0.2, 0.25) is 0 Å². The number of nitrogens with one attached hydrogen (secondary N) is 1. The number of benzene rings is 1. The molecule has 3 heterocycles. The number of urea groups is 1. The van der Waals surface area contributed by atoms with Gasteiger partial charge in [-0.15, -0.1) is 0 Å².